The summed E-state index contributed by atoms with van der Waals surface area (Å²) < 4.78 is 0. The van der Waals surface area contributed by atoms with Gasteiger partial charge in [0.15, 0.2) is 0 Å². The van der Waals surface area contributed by atoms with Crippen molar-refractivity contribution in [3.05, 3.63) is 71.8 Å². The number of hydrogen-bond donors (Lipinski definition) is 2. The third-order valence-corrected chi connectivity index (χ3v) is 9.39. The average molecular weight is 624 g/mol. The molecule has 238 valence electrons. The lowest BCUT2D eigenvalue weighted by Gasteiger charge is -2.45. The molecule has 3 fully saturated rings. The summed E-state index contributed by atoms with van der Waals surface area (Å²) in [5.41, 5.74) is 2.18. The number of hydrogen-bond acceptors (Lipinski definition) is 5. The normalized spacial score (nSPS) is 21.8. The second kappa shape index (κ2) is 15.5. The van der Waals surface area contributed by atoms with Gasteiger partial charge in [-0.1, -0.05) is 79.9 Å². The quantitative estimate of drug-likeness (QED) is 0.401. The molecule has 1 saturated carbocycles. The van der Waals surface area contributed by atoms with Crippen LogP contribution in [0.25, 0.3) is 0 Å². The van der Waals surface area contributed by atoms with Gasteiger partial charge >= 0.3 is 0 Å². The summed E-state index contributed by atoms with van der Waals surface area (Å²) >= 11 is 0. The van der Waals surface area contributed by atoms with Crippen molar-refractivity contribution in [2.24, 2.45) is 5.92 Å². The van der Waals surface area contributed by atoms with E-state index in [9.17, 15) is 19.2 Å². The Hall–Kier alpha value is -3.43. The van der Waals surface area contributed by atoms with Gasteiger partial charge in [-0.05, 0) is 56.7 Å². The van der Waals surface area contributed by atoms with Crippen LogP contribution in [0.4, 0.5) is 0 Å². The summed E-state index contributed by atoms with van der Waals surface area (Å²) in [5.74, 6) is -0.714. The SMILES string of the molecule is CN[C@@H](C)C(=O)N[C@H](C(=O)N1CC(=O)N2[C@@H]1CN(CCCc1ccccc1)C(=O)[C@@H]2Cc1ccccc1)C1CCCCC1.Cl. The Balaban J connectivity index is 0.00000442. The van der Waals surface area contributed by atoms with E-state index in [-0.39, 0.29) is 55.0 Å². The third kappa shape index (κ3) is 7.61. The zero-order chi connectivity index (χ0) is 30.3. The predicted molar refractivity (Wildman–Crippen MR) is 172 cm³/mol. The van der Waals surface area contributed by atoms with Crippen LogP contribution in [-0.2, 0) is 32.0 Å². The van der Waals surface area contributed by atoms with Crippen molar-refractivity contribution >= 4 is 36.0 Å². The lowest BCUT2D eigenvalue weighted by molar-refractivity contribution is -0.156. The van der Waals surface area contributed by atoms with Gasteiger partial charge in [0, 0.05) is 13.0 Å². The Morgan fingerprint density at radius 2 is 1.57 bits per heavy atom. The van der Waals surface area contributed by atoms with Crippen molar-refractivity contribution in [3.63, 3.8) is 0 Å². The number of piperazine rings is 1. The van der Waals surface area contributed by atoms with Crippen molar-refractivity contribution in [2.75, 3.05) is 26.7 Å². The predicted octanol–water partition coefficient (Wildman–Crippen LogP) is 3.16. The average Bonchev–Trinajstić information content (AvgIpc) is 3.37. The molecule has 2 aromatic carbocycles. The number of halogens is 1. The van der Waals surface area contributed by atoms with Gasteiger partial charge in [-0.15, -0.1) is 12.4 Å². The maximum atomic E-state index is 14.4. The topological polar surface area (TPSA) is 102 Å². The summed E-state index contributed by atoms with van der Waals surface area (Å²) in [7, 11) is 1.72. The van der Waals surface area contributed by atoms with Crippen LogP contribution in [0.5, 0.6) is 0 Å². The minimum Gasteiger partial charge on any atom is -0.343 e. The van der Waals surface area contributed by atoms with E-state index in [1.165, 1.54) is 5.56 Å². The van der Waals surface area contributed by atoms with Gasteiger partial charge in [0.1, 0.15) is 24.8 Å². The number of carbonyl (C=O) groups is 4. The number of rotatable bonds is 11. The van der Waals surface area contributed by atoms with Crippen molar-refractivity contribution in [1.29, 1.82) is 0 Å². The van der Waals surface area contributed by atoms with Gasteiger partial charge in [0.2, 0.25) is 23.6 Å². The second-order valence-corrected chi connectivity index (χ2v) is 12.2. The zero-order valence-electron chi connectivity index (χ0n) is 25.8. The molecule has 0 unspecified atom stereocenters. The number of fused-ring (bicyclic) bond motifs is 1. The van der Waals surface area contributed by atoms with E-state index in [2.05, 4.69) is 22.8 Å². The monoisotopic (exact) mass is 623 g/mol. The van der Waals surface area contributed by atoms with Gasteiger partial charge in [-0.2, -0.15) is 0 Å². The van der Waals surface area contributed by atoms with Crippen LogP contribution in [0.1, 0.15) is 56.6 Å². The van der Waals surface area contributed by atoms with Crippen molar-refractivity contribution in [3.8, 4) is 0 Å². The fraction of sp³-hybridized carbons (Fsp3) is 0.529. The number of aryl methyl sites for hydroxylation is 1. The number of carbonyl (C=O) groups excluding carboxylic acids is 4. The molecule has 2 saturated heterocycles. The summed E-state index contributed by atoms with van der Waals surface area (Å²) in [6, 6.07) is 18.1. The van der Waals surface area contributed by atoms with Crippen LogP contribution in [0, 0.1) is 5.92 Å². The maximum absolute atomic E-state index is 14.4. The van der Waals surface area contributed by atoms with E-state index in [1.807, 2.05) is 53.4 Å². The van der Waals surface area contributed by atoms with E-state index >= 15 is 0 Å². The van der Waals surface area contributed by atoms with Gasteiger partial charge in [0.25, 0.3) is 0 Å². The first-order valence-corrected chi connectivity index (χ1v) is 15.8. The summed E-state index contributed by atoms with van der Waals surface area (Å²) in [4.78, 5) is 60.0. The minimum absolute atomic E-state index is 0. The molecule has 4 amide bonds. The van der Waals surface area contributed by atoms with Crippen LogP contribution in [0.2, 0.25) is 0 Å². The van der Waals surface area contributed by atoms with Gasteiger partial charge < -0.3 is 25.3 Å². The molecule has 4 atom stereocenters. The van der Waals surface area contributed by atoms with Gasteiger partial charge in [0.05, 0.1) is 12.6 Å². The number of amides is 4. The molecule has 2 aromatic rings. The molecule has 5 rings (SSSR count). The Bertz CT molecular complexity index is 1270. The highest BCUT2D eigenvalue weighted by atomic mass is 35.5. The van der Waals surface area contributed by atoms with Crippen LogP contribution < -0.4 is 10.6 Å². The molecule has 10 heteroatoms. The Morgan fingerprint density at radius 1 is 0.932 bits per heavy atom. The molecule has 0 radical (unpaired) electrons. The molecule has 9 nitrogen and oxygen atoms in total. The van der Waals surface area contributed by atoms with E-state index in [0.29, 0.717) is 13.0 Å². The molecule has 2 heterocycles. The van der Waals surface area contributed by atoms with Crippen LogP contribution >= 0.6 is 12.4 Å². The highest BCUT2D eigenvalue weighted by Gasteiger charge is 2.52. The molecule has 44 heavy (non-hydrogen) atoms. The van der Waals surface area contributed by atoms with Crippen molar-refractivity contribution in [2.45, 2.75) is 82.6 Å². The Labute approximate surface area is 267 Å². The molecule has 3 aliphatic rings. The Morgan fingerprint density at radius 3 is 2.20 bits per heavy atom. The molecule has 0 bridgehead atoms. The van der Waals surface area contributed by atoms with Crippen LogP contribution in [0.3, 0.4) is 0 Å². The van der Waals surface area contributed by atoms with E-state index in [1.54, 1.807) is 23.8 Å². The Kier molecular flexibility index (Phi) is 11.8. The van der Waals surface area contributed by atoms with Crippen molar-refractivity contribution in [1.82, 2.24) is 25.3 Å². The van der Waals surface area contributed by atoms with E-state index in [4.69, 9.17) is 0 Å². The number of benzene rings is 2. The smallest absolute Gasteiger partial charge is 0.247 e. The fourth-order valence-corrected chi connectivity index (χ4v) is 6.84. The lowest BCUT2D eigenvalue weighted by Crippen LogP contribution is -2.65. The molecule has 2 N–H and O–H groups in total. The largest absolute Gasteiger partial charge is 0.343 e. The second-order valence-electron chi connectivity index (χ2n) is 12.2. The van der Waals surface area contributed by atoms with Gasteiger partial charge in [-0.3, -0.25) is 19.2 Å². The third-order valence-electron chi connectivity index (χ3n) is 9.39. The van der Waals surface area contributed by atoms with Crippen molar-refractivity contribution < 1.29 is 19.2 Å². The van der Waals surface area contributed by atoms with E-state index in [0.717, 1.165) is 50.5 Å². The molecular weight excluding hydrogens is 578 g/mol. The standard InChI is InChI=1S/C34H45N5O4.ClH/c1-24(35-2)32(41)36-31(27-18-10-5-11-19-27)34(43)38-23-30(40)39-28(21-26-15-8-4-9-16-26)33(42)37(22-29(38)39)20-12-17-25-13-6-3-7-14-25;/h3-4,6-9,13-16,24,27-29,31,35H,5,10-12,17-23H2,1-2H3,(H,36,41);1H/t24-,28-,29+,31-;/m0./s1. The maximum Gasteiger partial charge on any atom is 0.247 e. The molecule has 2 aliphatic heterocycles. The number of nitrogens with zero attached hydrogens (tertiary/aromatic N) is 3. The lowest BCUT2D eigenvalue weighted by atomic mass is 9.83. The molecule has 1 aliphatic carbocycles. The van der Waals surface area contributed by atoms with Gasteiger partial charge in [-0.25, -0.2) is 0 Å². The number of nitrogens with one attached hydrogen (secondary N) is 2. The highest BCUT2D eigenvalue weighted by molar-refractivity contribution is 5.97. The first-order chi connectivity index (χ1) is 20.9. The molecular formula is C34H46ClN5O4. The van der Waals surface area contributed by atoms with E-state index < -0.39 is 24.3 Å². The summed E-state index contributed by atoms with van der Waals surface area (Å²) in [5, 5.41) is 6.01. The summed E-state index contributed by atoms with van der Waals surface area (Å²) in [6.45, 7) is 2.50. The first-order valence-electron chi connectivity index (χ1n) is 15.8. The fourth-order valence-electron chi connectivity index (χ4n) is 6.84. The molecule has 0 spiro atoms. The zero-order valence-corrected chi connectivity index (χ0v) is 26.6. The number of likely N-dealkylation sites (N-methyl/N-ethyl adjacent to an activating group) is 1. The first kappa shape index (κ1) is 33.5. The van der Waals surface area contributed by atoms with Crippen LogP contribution in [0.15, 0.2) is 60.7 Å². The minimum atomic E-state index is -0.701. The molecule has 0 aromatic heterocycles. The highest BCUT2D eigenvalue weighted by Crippen LogP contribution is 2.32. The van der Waals surface area contributed by atoms with Crippen LogP contribution in [-0.4, -0.2) is 89.3 Å². The summed E-state index contributed by atoms with van der Waals surface area (Å²) in [6.07, 6.45) is 6.33.